The molecule has 1 aromatic carbocycles. The van der Waals surface area contributed by atoms with Gasteiger partial charge in [0, 0.05) is 17.3 Å². The molecule has 0 aliphatic heterocycles. The van der Waals surface area contributed by atoms with Gasteiger partial charge >= 0.3 is 0 Å². The van der Waals surface area contributed by atoms with Gasteiger partial charge in [-0.1, -0.05) is 0 Å². The van der Waals surface area contributed by atoms with Crippen molar-refractivity contribution in [2.24, 2.45) is 0 Å². The van der Waals surface area contributed by atoms with E-state index in [9.17, 15) is 5.11 Å². The number of aromatic nitrogens is 1. The molecule has 4 N–H and O–H groups in total. The van der Waals surface area contributed by atoms with Crippen LogP contribution < -0.4 is 11.1 Å². The molecule has 1 aromatic heterocycles. The summed E-state index contributed by atoms with van der Waals surface area (Å²) in [5, 5.41) is 13.9. The van der Waals surface area contributed by atoms with E-state index in [2.05, 4.69) is 10.3 Å². The first-order valence-electron chi connectivity index (χ1n) is 6.26. The fourth-order valence-corrected chi connectivity index (χ4v) is 2.51. The molecule has 3 rings (SSSR count). The van der Waals surface area contributed by atoms with E-state index in [4.69, 9.17) is 5.73 Å². The fraction of sp³-hybridized carbons (Fsp3) is 0.357. The summed E-state index contributed by atoms with van der Waals surface area (Å²) in [6.07, 6.45) is 4.93. The third-order valence-corrected chi connectivity index (χ3v) is 3.82. The second kappa shape index (κ2) is 4.14. The molecule has 0 bridgehead atoms. The topological polar surface area (TPSA) is 71.2 Å². The summed E-state index contributed by atoms with van der Waals surface area (Å²) in [5.74, 6) is 0. The number of pyridine rings is 1. The zero-order valence-electron chi connectivity index (χ0n) is 10.2. The lowest BCUT2D eigenvalue weighted by molar-refractivity contribution is 0.144. The Kier molecular flexibility index (Phi) is 2.59. The molecular formula is C14H17N3O. The van der Waals surface area contributed by atoms with Gasteiger partial charge in [-0.3, -0.25) is 4.98 Å². The molecule has 4 heteroatoms. The highest BCUT2D eigenvalue weighted by Crippen LogP contribution is 2.37. The van der Waals surface area contributed by atoms with Crippen LogP contribution in [0.3, 0.4) is 0 Å². The summed E-state index contributed by atoms with van der Waals surface area (Å²) in [5.41, 5.74) is 8.34. The van der Waals surface area contributed by atoms with E-state index in [0.29, 0.717) is 0 Å². The highest BCUT2D eigenvalue weighted by molar-refractivity contribution is 5.98. The molecule has 0 amide bonds. The highest BCUT2D eigenvalue weighted by Gasteiger charge is 2.36. The lowest BCUT2D eigenvalue weighted by atomic mass is 9.77. The van der Waals surface area contributed by atoms with Crippen LogP contribution in [0.2, 0.25) is 0 Å². The number of nitrogens with two attached hydrogens (primary N) is 1. The van der Waals surface area contributed by atoms with Crippen LogP contribution in [0.5, 0.6) is 0 Å². The molecule has 1 fully saturated rings. The molecule has 1 aliphatic carbocycles. The summed E-state index contributed by atoms with van der Waals surface area (Å²) in [7, 11) is 0. The zero-order valence-corrected chi connectivity index (χ0v) is 10.2. The molecule has 18 heavy (non-hydrogen) atoms. The van der Waals surface area contributed by atoms with Crippen molar-refractivity contribution < 1.29 is 5.11 Å². The van der Waals surface area contributed by atoms with E-state index < -0.39 is 0 Å². The van der Waals surface area contributed by atoms with Crippen molar-refractivity contribution in [2.75, 3.05) is 17.7 Å². The van der Waals surface area contributed by atoms with Crippen molar-refractivity contribution in [3.8, 4) is 0 Å². The fourth-order valence-electron chi connectivity index (χ4n) is 2.51. The molecule has 0 radical (unpaired) electrons. The molecule has 94 valence electrons. The van der Waals surface area contributed by atoms with Gasteiger partial charge in [0.2, 0.25) is 0 Å². The minimum Gasteiger partial charge on any atom is -0.398 e. The van der Waals surface area contributed by atoms with Gasteiger partial charge in [-0.15, -0.1) is 0 Å². The van der Waals surface area contributed by atoms with E-state index in [0.717, 1.165) is 41.5 Å². The maximum Gasteiger partial charge on any atom is 0.0954 e. The first-order chi connectivity index (χ1) is 8.74. The molecule has 2 aromatic rings. The minimum atomic E-state index is -0.166. The van der Waals surface area contributed by atoms with Crippen LogP contribution in [0.4, 0.5) is 11.4 Å². The maximum absolute atomic E-state index is 9.52. The van der Waals surface area contributed by atoms with E-state index in [1.165, 1.54) is 0 Å². The van der Waals surface area contributed by atoms with Crippen LogP contribution in [-0.4, -0.2) is 22.2 Å². The van der Waals surface area contributed by atoms with Crippen LogP contribution in [0.15, 0.2) is 30.5 Å². The number of hydrogen-bond donors (Lipinski definition) is 3. The van der Waals surface area contributed by atoms with Crippen molar-refractivity contribution in [3.63, 3.8) is 0 Å². The Balaban J connectivity index is 2.04. The van der Waals surface area contributed by atoms with Crippen molar-refractivity contribution in [3.05, 3.63) is 30.5 Å². The van der Waals surface area contributed by atoms with Gasteiger partial charge in [0.05, 0.1) is 23.3 Å². The Morgan fingerprint density at radius 1 is 1.33 bits per heavy atom. The normalized spacial score (nSPS) is 17.4. The quantitative estimate of drug-likeness (QED) is 0.722. The number of anilines is 2. The van der Waals surface area contributed by atoms with E-state index >= 15 is 0 Å². The first kappa shape index (κ1) is 11.3. The lowest BCUT2D eigenvalue weighted by Gasteiger charge is -2.42. The summed E-state index contributed by atoms with van der Waals surface area (Å²) in [6, 6.07) is 7.68. The van der Waals surface area contributed by atoms with Crippen molar-refractivity contribution >= 4 is 22.3 Å². The number of benzene rings is 1. The van der Waals surface area contributed by atoms with Gasteiger partial charge in [0.15, 0.2) is 0 Å². The van der Waals surface area contributed by atoms with Gasteiger partial charge in [0.25, 0.3) is 0 Å². The third kappa shape index (κ3) is 1.69. The molecule has 0 unspecified atom stereocenters. The summed E-state index contributed by atoms with van der Waals surface area (Å²) < 4.78 is 0. The van der Waals surface area contributed by atoms with Crippen molar-refractivity contribution in [1.29, 1.82) is 0 Å². The maximum atomic E-state index is 9.52. The summed E-state index contributed by atoms with van der Waals surface area (Å²) in [6.45, 7) is 0.158. The first-order valence-corrected chi connectivity index (χ1v) is 6.26. The lowest BCUT2D eigenvalue weighted by Crippen LogP contribution is -2.48. The number of nitrogens with one attached hydrogen (secondary N) is 1. The number of nitrogen functional groups attached to an aromatic ring is 1. The van der Waals surface area contributed by atoms with E-state index in [1.54, 1.807) is 6.20 Å². The monoisotopic (exact) mass is 243 g/mol. The van der Waals surface area contributed by atoms with E-state index in [1.807, 2.05) is 24.3 Å². The van der Waals surface area contributed by atoms with Gasteiger partial charge in [-0.2, -0.15) is 0 Å². The van der Waals surface area contributed by atoms with Crippen LogP contribution in [0.25, 0.3) is 10.9 Å². The van der Waals surface area contributed by atoms with Crippen LogP contribution >= 0.6 is 0 Å². The number of aliphatic hydroxyl groups is 1. The predicted molar refractivity (Wildman–Crippen MR) is 73.4 cm³/mol. The number of hydrogen-bond acceptors (Lipinski definition) is 4. The van der Waals surface area contributed by atoms with Gasteiger partial charge < -0.3 is 16.2 Å². The Bertz CT molecular complexity index is 573. The SMILES string of the molecule is Nc1ccc(NC2(CO)CCC2)c2ncccc12. The summed E-state index contributed by atoms with van der Waals surface area (Å²) >= 11 is 0. The minimum absolute atomic E-state index is 0.158. The standard InChI is InChI=1S/C14H17N3O/c15-11-4-5-12(13-10(11)3-1-8-16-13)17-14(9-18)6-2-7-14/h1,3-5,8,17-18H,2,6-7,9,15H2. The number of nitrogens with zero attached hydrogens (tertiary/aromatic N) is 1. The molecule has 0 spiro atoms. The molecule has 1 heterocycles. The van der Waals surface area contributed by atoms with Crippen LogP contribution in [0, 0.1) is 0 Å². The molecule has 0 atom stereocenters. The van der Waals surface area contributed by atoms with Crippen LogP contribution in [-0.2, 0) is 0 Å². The van der Waals surface area contributed by atoms with Crippen molar-refractivity contribution in [2.45, 2.75) is 24.8 Å². The Morgan fingerprint density at radius 3 is 2.83 bits per heavy atom. The van der Waals surface area contributed by atoms with Gasteiger partial charge in [0.1, 0.15) is 0 Å². The second-order valence-electron chi connectivity index (χ2n) is 5.02. The van der Waals surface area contributed by atoms with Gasteiger partial charge in [-0.05, 0) is 43.5 Å². The number of fused-ring (bicyclic) bond motifs is 1. The molecule has 1 saturated carbocycles. The number of aliphatic hydroxyl groups excluding tert-OH is 1. The highest BCUT2D eigenvalue weighted by atomic mass is 16.3. The zero-order chi connectivity index (χ0) is 12.6. The average Bonchev–Trinajstić information content (AvgIpc) is 2.37. The number of rotatable bonds is 3. The molecule has 0 saturated heterocycles. The van der Waals surface area contributed by atoms with Crippen LogP contribution in [0.1, 0.15) is 19.3 Å². The predicted octanol–water partition coefficient (Wildman–Crippen LogP) is 2.14. The van der Waals surface area contributed by atoms with Crippen molar-refractivity contribution in [1.82, 2.24) is 4.98 Å². The largest absolute Gasteiger partial charge is 0.398 e. The Hall–Kier alpha value is -1.81. The smallest absolute Gasteiger partial charge is 0.0954 e. The average molecular weight is 243 g/mol. The molecule has 4 nitrogen and oxygen atoms in total. The Labute approximate surface area is 106 Å². The molecule has 1 aliphatic rings. The molecular weight excluding hydrogens is 226 g/mol. The summed E-state index contributed by atoms with van der Waals surface area (Å²) in [4.78, 5) is 4.39. The van der Waals surface area contributed by atoms with E-state index in [-0.39, 0.29) is 12.1 Å². The second-order valence-corrected chi connectivity index (χ2v) is 5.02. The Morgan fingerprint density at radius 2 is 2.17 bits per heavy atom. The third-order valence-electron chi connectivity index (χ3n) is 3.82. The van der Waals surface area contributed by atoms with Gasteiger partial charge in [-0.25, -0.2) is 0 Å².